The zero-order valence-corrected chi connectivity index (χ0v) is 13.5. The largest absolute Gasteiger partial charge is 0.417 e. The lowest BCUT2D eigenvalue weighted by molar-refractivity contribution is -0.130. The number of ether oxygens (including phenoxy) is 1. The lowest BCUT2D eigenvalue weighted by atomic mass is 10.1. The zero-order chi connectivity index (χ0) is 16.5. The summed E-state index contributed by atoms with van der Waals surface area (Å²) in [6.07, 6.45) is 1.37. The molecule has 0 saturated carbocycles. The molecular weight excluding hydrogens is 330 g/mol. The second-order valence-corrected chi connectivity index (χ2v) is 6.51. The molecule has 1 aliphatic heterocycles. The minimum atomic E-state index is -0.474. The van der Waals surface area contributed by atoms with Gasteiger partial charge in [-0.25, -0.2) is 9.78 Å². The first kappa shape index (κ1) is 15.1. The van der Waals surface area contributed by atoms with Crippen LogP contribution in [0.5, 0.6) is 0 Å². The predicted molar refractivity (Wildman–Crippen MR) is 88.8 cm³/mol. The molecule has 0 bridgehead atoms. The van der Waals surface area contributed by atoms with Crippen molar-refractivity contribution in [3.8, 4) is 11.3 Å². The van der Waals surface area contributed by atoms with Crippen LogP contribution in [0, 0.1) is 0 Å². The Hall–Kier alpha value is -2.45. The Morgan fingerprint density at radius 2 is 2.38 bits per heavy atom. The smallest absolute Gasteiger partial charge is 0.408 e. The van der Waals surface area contributed by atoms with Gasteiger partial charge in [-0.2, -0.15) is 0 Å². The standard InChI is InChI=1S/C16H15N3O4S/c20-15(12-2-1-5-22-12)17-7-14-18-11(8-24-14)9-3-4-10-13(6-9)23-16(21)19-10/h3-4,6,8,12H,1-2,5,7H2,(H,17,20)(H,19,21). The van der Waals surface area contributed by atoms with E-state index in [-0.39, 0.29) is 12.0 Å². The summed E-state index contributed by atoms with van der Waals surface area (Å²) < 4.78 is 10.4. The molecule has 4 rings (SSSR count). The molecule has 1 atom stereocenters. The van der Waals surface area contributed by atoms with Crippen molar-refractivity contribution in [1.82, 2.24) is 15.3 Å². The van der Waals surface area contributed by atoms with Gasteiger partial charge in [0.2, 0.25) is 5.91 Å². The van der Waals surface area contributed by atoms with E-state index >= 15 is 0 Å². The number of aromatic amines is 1. The molecule has 7 nitrogen and oxygen atoms in total. The summed E-state index contributed by atoms with van der Waals surface area (Å²) >= 11 is 1.47. The number of amides is 1. The highest BCUT2D eigenvalue weighted by Crippen LogP contribution is 2.25. The molecule has 0 aliphatic carbocycles. The van der Waals surface area contributed by atoms with Gasteiger partial charge in [-0.1, -0.05) is 6.07 Å². The number of thiazole rings is 1. The van der Waals surface area contributed by atoms with Gasteiger partial charge in [-0.05, 0) is 25.0 Å². The number of fused-ring (bicyclic) bond motifs is 1. The van der Waals surface area contributed by atoms with Crippen LogP contribution < -0.4 is 11.1 Å². The highest BCUT2D eigenvalue weighted by molar-refractivity contribution is 7.09. The third kappa shape index (κ3) is 2.98. The minimum Gasteiger partial charge on any atom is -0.408 e. The van der Waals surface area contributed by atoms with E-state index in [1.54, 1.807) is 12.1 Å². The predicted octanol–water partition coefficient (Wildman–Crippen LogP) is 2.04. The number of hydrogen-bond donors (Lipinski definition) is 2. The summed E-state index contributed by atoms with van der Waals surface area (Å²) in [5, 5.41) is 5.59. The number of oxazole rings is 1. The van der Waals surface area contributed by atoms with Gasteiger partial charge in [-0.15, -0.1) is 11.3 Å². The second-order valence-electron chi connectivity index (χ2n) is 5.57. The summed E-state index contributed by atoms with van der Waals surface area (Å²) in [6.45, 7) is 1.03. The molecule has 3 heterocycles. The van der Waals surface area contributed by atoms with Crippen molar-refractivity contribution in [3.63, 3.8) is 0 Å². The quantitative estimate of drug-likeness (QED) is 0.754. The van der Waals surface area contributed by atoms with E-state index in [1.807, 2.05) is 11.4 Å². The molecule has 124 valence electrons. The van der Waals surface area contributed by atoms with Crippen LogP contribution in [0.3, 0.4) is 0 Å². The molecule has 2 aromatic heterocycles. The van der Waals surface area contributed by atoms with Crippen molar-refractivity contribution >= 4 is 28.3 Å². The summed E-state index contributed by atoms with van der Waals surface area (Å²) in [5.74, 6) is -0.558. The van der Waals surface area contributed by atoms with Gasteiger partial charge in [-0.3, -0.25) is 9.78 Å². The average Bonchev–Trinajstić information content (AvgIpc) is 3.31. The van der Waals surface area contributed by atoms with Crippen molar-refractivity contribution in [2.24, 2.45) is 0 Å². The van der Waals surface area contributed by atoms with E-state index in [4.69, 9.17) is 9.15 Å². The molecule has 0 radical (unpaired) electrons. The molecule has 1 unspecified atom stereocenters. The number of nitrogens with zero attached hydrogens (tertiary/aromatic N) is 1. The first-order valence-electron chi connectivity index (χ1n) is 7.66. The van der Waals surface area contributed by atoms with Crippen LogP contribution in [0.4, 0.5) is 0 Å². The summed E-state index contributed by atoms with van der Waals surface area (Å²) in [5.41, 5.74) is 2.80. The van der Waals surface area contributed by atoms with Crippen LogP contribution in [-0.4, -0.2) is 28.6 Å². The Morgan fingerprint density at radius 3 is 3.21 bits per heavy atom. The maximum Gasteiger partial charge on any atom is 0.417 e. The van der Waals surface area contributed by atoms with Crippen molar-refractivity contribution in [3.05, 3.63) is 39.1 Å². The molecular formula is C16H15N3O4S. The highest BCUT2D eigenvalue weighted by Gasteiger charge is 2.23. The number of aromatic nitrogens is 2. The Bertz CT molecular complexity index is 936. The van der Waals surface area contributed by atoms with E-state index in [0.29, 0.717) is 24.3 Å². The van der Waals surface area contributed by atoms with Crippen LogP contribution in [0.2, 0.25) is 0 Å². The molecule has 1 amide bonds. The topological polar surface area (TPSA) is 97.2 Å². The average molecular weight is 345 g/mol. The molecule has 3 aromatic rings. The summed E-state index contributed by atoms with van der Waals surface area (Å²) in [4.78, 5) is 30.3. The van der Waals surface area contributed by atoms with Gasteiger partial charge in [0.25, 0.3) is 0 Å². The molecule has 8 heteroatoms. The first-order valence-corrected chi connectivity index (χ1v) is 8.54. The molecule has 0 spiro atoms. The van der Waals surface area contributed by atoms with E-state index in [9.17, 15) is 9.59 Å². The fraction of sp³-hybridized carbons (Fsp3) is 0.312. The van der Waals surface area contributed by atoms with Crippen molar-refractivity contribution in [2.75, 3.05) is 6.61 Å². The number of carbonyl (C=O) groups is 1. The van der Waals surface area contributed by atoms with Crippen LogP contribution in [-0.2, 0) is 16.1 Å². The normalized spacial score (nSPS) is 17.4. The minimum absolute atomic E-state index is 0.0835. The van der Waals surface area contributed by atoms with Crippen LogP contribution in [0.1, 0.15) is 17.8 Å². The van der Waals surface area contributed by atoms with Crippen molar-refractivity contribution in [1.29, 1.82) is 0 Å². The van der Waals surface area contributed by atoms with Gasteiger partial charge in [0, 0.05) is 17.6 Å². The van der Waals surface area contributed by atoms with Gasteiger partial charge in [0.1, 0.15) is 11.1 Å². The number of H-pyrrole nitrogens is 1. The number of benzene rings is 1. The molecule has 2 N–H and O–H groups in total. The number of hydrogen-bond acceptors (Lipinski definition) is 6. The number of nitrogens with one attached hydrogen (secondary N) is 2. The fourth-order valence-corrected chi connectivity index (χ4v) is 3.43. The van der Waals surface area contributed by atoms with E-state index in [0.717, 1.165) is 29.1 Å². The van der Waals surface area contributed by atoms with Gasteiger partial charge >= 0.3 is 5.76 Å². The Balaban J connectivity index is 1.47. The lowest BCUT2D eigenvalue weighted by Crippen LogP contribution is -2.33. The SMILES string of the molecule is O=C(NCc1nc(-c2ccc3[nH]c(=O)oc3c2)cs1)C1CCCO1. The molecule has 1 saturated heterocycles. The van der Waals surface area contributed by atoms with E-state index in [2.05, 4.69) is 15.3 Å². The van der Waals surface area contributed by atoms with Gasteiger partial charge in [0.15, 0.2) is 5.58 Å². The maximum absolute atomic E-state index is 11.9. The molecule has 24 heavy (non-hydrogen) atoms. The van der Waals surface area contributed by atoms with Crippen molar-refractivity contribution in [2.45, 2.75) is 25.5 Å². The molecule has 1 aromatic carbocycles. The fourth-order valence-electron chi connectivity index (χ4n) is 2.69. The third-order valence-electron chi connectivity index (χ3n) is 3.90. The second kappa shape index (κ2) is 6.21. The number of carbonyl (C=O) groups excluding carboxylic acids is 1. The Morgan fingerprint density at radius 1 is 1.46 bits per heavy atom. The summed E-state index contributed by atoms with van der Waals surface area (Å²) in [7, 11) is 0. The van der Waals surface area contributed by atoms with Gasteiger partial charge in [0.05, 0.1) is 17.8 Å². The Labute approximate surface area is 140 Å². The van der Waals surface area contributed by atoms with Crippen LogP contribution >= 0.6 is 11.3 Å². The summed E-state index contributed by atoms with van der Waals surface area (Å²) in [6, 6.07) is 5.43. The van der Waals surface area contributed by atoms with E-state index < -0.39 is 5.76 Å². The monoisotopic (exact) mass is 345 g/mol. The van der Waals surface area contributed by atoms with Crippen molar-refractivity contribution < 1.29 is 13.9 Å². The third-order valence-corrected chi connectivity index (χ3v) is 4.75. The first-order chi connectivity index (χ1) is 11.7. The molecule has 1 aliphatic rings. The lowest BCUT2D eigenvalue weighted by Gasteiger charge is -2.08. The molecule has 1 fully saturated rings. The van der Waals surface area contributed by atoms with Crippen LogP contribution in [0.25, 0.3) is 22.4 Å². The number of rotatable bonds is 4. The zero-order valence-electron chi connectivity index (χ0n) is 12.7. The van der Waals surface area contributed by atoms with E-state index in [1.165, 1.54) is 11.3 Å². The van der Waals surface area contributed by atoms with Gasteiger partial charge < -0.3 is 14.5 Å². The Kier molecular flexibility index (Phi) is 3.91. The van der Waals surface area contributed by atoms with Crippen LogP contribution in [0.15, 0.2) is 32.8 Å². The highest BCUT2D eigenvalue weighted by atomic mass is 32.1. The maximum atomic E-state index is 11.9.